The number of unbranched alkanes of at least 4 members (excludes halogenated alkanes) is 1. The minimum Gasteiger partial charge on any atom is -0.377 e. The fraction of sp³-hybridized carbons (Fsp3) is 1.00. The molecule has 0 unspecified atom stereocenters. The summed E-state index contributed by atoms with van der Waals surface area (Å²) < 4.78 is 240. The van der Waals surface area contributed by atoms with E-state index in [1.807, 2.05) is 0 Å². The normalized spacial score (nSPS) is 14.6. The van der Waals surface area contributed by atoms with E-state index in [0.29, 0.717) is 63.1 Å². The Bertz CT molecular complexity index is 1150. The number of hydrogen-bond acceptors (Lipinski definition) is 13. The molecule has 0 N–H and O–H groups in total. The molecule has 0 saturated heterocycles. The van der Waals surface area contributed by atoms with Gasteiger partial charge in [0.25, 0.3) is 11.8 Å². The fourth-order valence-corrected chi connectivity index (χ4v) is 12.1. The maximum absolute atomic E-state index is 14.9. The minimum atomic E-state index is -5.91. The molecule has 29 heteroatoms. The molecular formula is C34H63F13O13Si3. The first-order chi connectivity index (χ1) is 28.9. The Labute approximate surface area is 363 Å². The Kier molecular flexibility index (Phi) is 26.9. The molecule has 380 valence electrons. The molecule has 0 amide bonds. The molecule has 0 aromatic rings. The molecule has 13 nitrogen and oxygen atoms in total. The molecule has 0 fully saturated rings. The maximum atomic E-state index is 14.9. The lowest BCUT2D eigenvalue weighted by Crippen LogP contribution is -2.43. The van der Waals surface area contributed by atoms with Gasteiger partial charge in [0, 0.05) is 88.5 Å². The maximum Gasteiger partial charge on any atom is 0.527 e. The lowest BCUT2D eigenvalue weighted by molar-refractivity contribution is -0.432. The zero-order chi connectivity index (χ0) is 48.9. The second kappa shape index (κ2) is 27.3. The predicted octanol–water partition coefficient (Wildman–Crippen LogP) is 9.53. The molecule has 63 heavy (non-hydrogen) atoms. The molecule has 0 aromatic heterocycles. The van der Waals surface area contributed by atoms with Crippen molar-refractivity contribution in [2.24, 2.45) is 5.41 Å². The molecule has 0 rings (SSSR count). The summed E-state index contributed by atoms with van der Waals surface area (Å²) in [6.45, 7) is -8.78. The van der Waals surface area contributed by atoms with Gasteiger partial charge in [0.15, 0.2) is 0 Å². The summed E-state index contributed by atoms with van der Waals surface area (Å²) in [5.41, 5.74) is -0.508. The van der Waals surface area contributed by atoms with E-state index in [1.165, 1.54) is 64.0 Å². The van der Waals surface area contributed by atoms with Crippen LogP contribution in [0.25, 0.3) is 0 Å². The zero-order valence-electron chi connectivity index (χ0n) is 36.9. The highest BCUT2D eigenvalue weighted by atomic mass is 28.4. The largest absolute Gasteiger partial charge is 0.527 e. The SMILES string of the molecule is CO[Si](CCCC(CCCCC(F)(F)COCC(F)(F)OC(F)(F)CC(F)(F)COCC(F)(F)OC(F)(F)F)(CCC[Si](OC)(OC)OC)CCC[Si](OC)(OC)OC)(OC)OC. The molecule has 0 aliphatic rings. The van der Waals surface area contributed by atoms with Gasteiger partial charge in [-0.2, -0.15) is 26.3 Å². The monoisotopic (exact) mass is 1010 g/mol. The van der Waals surface area contributed by atoms with Crippen LogP contribution in [0, 0.1) is 5.41 Å². The number of hydrogen-bond donors (Lipinski definition) is 0. The number of alkyl halides is 13. The zero-order valence-corrected chi connectivity index (χ0v) is 39.9. The van der Waals surface area contributed by atoms with Gasteiger partial charge >= 0.3 is 51.1 Å². The molecule has 0 bridgehead atoms. The van der Waals surface area contributed by atoms with E-state index in [4.69, 9.17) is 39.8 Å². The standard InChI is InChI=1S/C34H63F13O13Si3/c1-48-61(49-2,50-3)20-12-16-28(17-13-21-62(51-4,52-5)53-6,18-14-22-63(54-7,55-8)56-9)15-10-11-19-29(35,36)24-57-26-32(41,42)59-31(39,40)23-30(37,38)25-58-27-33(43,44)60-34(45,46)47/h10-27H2,1-9H3. The Morgan fingerprint density at radius 1 is 0.333 bits per heavy atom. The molecule has 0 aliphatic carbocycles. The summed E-state index contributed by atoms with van der Waals surface area (Å²) in [6, 6.07) is 1.28. The van der Waals surface area contributed by atoms with Crippen molar-refractivity contribution in [3.05, 3.63) is 0 Å². The second-order valence-electron chi connectivity index (χ2n) is 14.6. The van der Waals surface area contributed by atoms with Crippen LogP contribution in [0.4, 0.5) is 57.1 Å². The van der Waals surface area contributed by atoms with E-state index < -0.39 is 108 Å². The molecule has 0 aromatic carbocycles. The van der Waals surface area contributed by atoms with Crippen LogP contribution >= 0.6 is 0 Å². The second-order valence-corrected chi connectivity index (χ2v) is 23.9. The van der Waals surface area contributed by atoms with Gasteiger partial charge in [0.05, 0.1) is 0 Å². The number of halogens is 13. The summed E-state index contributed by atoms with van der Waals surface area (Å²) >= 11 is 0. The number of rotatable bonds is 39. The summed E-state index contributed by atoms with van der Waals surface area (Å²) in [4.78, 5) is 0. The lowest BCUT2D eigenvalue weighted by atomic mass is 9.72. The van der Waals surface area contributed by atoms with Gasteiger partial charge in [0.2, 0.25) is 0 Å². The van der Waals surface area contributed by atoms with Gasteiger partial charge in [-0.1, -0.05) is 6.42 Å². The van der Waals surface area contributed by atoms with Crippen molar-refractivity contribution in [3.8, 4) is 0 Å². The molecule has 0 spiro atoms. The Hall–Kier alpha value is -0.779. The molecular weight excluding hydrogens is 948 g/mol. The highest BCUT2D eigenvalue weighted by molar-refractivity contribution is 6.61. The van der Waals surface area contributed by atoms with Gasteiger partial charge in [-0.25, -0.2) is 22.3 Å². The van der Waals surface area contributed by atoms with Crippen molar-refractivity contribution in [3.63, 3.8) is 0 Å². The van der Waals surface area contributed by atoms with Gasteiger partial charge in [-0.3, -0.25) is 4.74 Å². The summed E-state index contributed by atoms with van der Waals surface area (Å²) in [6.07, 6.45) is -21.7. The van der Waals surface area contributed by atoms with Crippen LogP contribution in [0.3, 0.4) is 0 Å². The van der Waals surface area contributed by atoms with E-state index >= 15 is 0 Å². The third kappa shape index (κ3) is 24.7. The van der Waals surface area contributed by atoms with Crippen LogP contribution in [0.1, 0.15) is 70.6 Å². The van der Waals surface area contributed by atoms with Crippen LogP contribution in [0.5, 0.6) is 0 Å². The Morgan fingerprint density at radius 3 is 0.968 bits per heavy atom. The highest BCUT2D eigenvalue weighted by Gasteiger charge is 2.52. The van der Waals surface area contributed by atoms with Crippen molar-refractivity contribution in [2.75, 3.05) is 90.4 Å². The van der Waals surface area contributed by atoms with Gasteiger partial charge in [0.1, 0.15) is 32.8 Å². The van der Waals surface area contributed by atoms with Crippen molar-refractivity contribution in [1.29, 1.82) is 0 Å². The van der Waals surface area contributed by atoms with E-state index in [0.717, 1.165) is 0 Å². The van der Waals surface area contributed by atoms with Gasteiger partial charge < -0.3 is 49.3 Å². The molecule has 0 saturated carbocycles. The molecule has 0 heterocycles. The van der Waals surface area contributed by atoms with Crippen LogP contribution in [0.15, 0.2) is 0 Å². The molecule has 0 atom stereocenters. The third-order valence-electron chi connectivity index (χ3n) is 10.1. The van der Waals surface area contributed by atoms with Crippen molar-refractivity contribution < 1.29 is 116 Å². The first kappa shape index (κ1) is 62.2. The predicted molar refractivity (Wildman–Crippen MR) is 203 cm³/mol. The third-order valence-corrected chi connectivity index (χ3v) is 18.6. The van der Waals surface area contributed by atoms with Crippen molar-refractivity contribution in [2.45, 2.75) is 125 Å². The summed E-state index contributed by atoms with van der Waals surface area (Å²) in [5, 5.41) is 0. The Balaban J connectivity index is 5.81. The van der Waals surface area contributed by atoms with Crippen LogP contribution < -0.4 is 0 Å². The smallest absolute Gasteiger partial charge is 0.377 e. The molecule has 0 radical (unpaired) electrons. The van der Waals surface area contributed by atoms with Crippen LogP contribution in [-0.4, -0.2) is 153 Å². The quantitative estimate of drug-likeness (QED) is 0.0331. The fourth-order valence-electron chi connectivity index (χ4n) is 6.89. The first-order valence-electron chi connectivity index (χ1n) is 19.4. The number of ether oxygens (including phenoxy) is 4. The molecule has 0 aliphatic heterocycles. The average Bonchev–Trinajstić information content (AvgIpc) is 3.17. The van der Waals surface area contributed by atoms with Gasteiger partial charge in [-0.15, -0.1) is 13.2 Å². The van der Waals surface area contributed by atoms with E-state index in [2.05, 4.69) is 18.9 Å². The van der Waals surface area contributed by atoms with Crippen LogP contribution in [-0.2, 0) is 58.8 Å². The van der Waals surface area contributed by atoms with E-state index in [9.17, 15) is 57.1 Å². The van der Waals surface area contributed by atoms with E-state index in [1.54, 1.807) is 0 Å². The van der Waals surface area contributed by atoms with Crippen molar-refractivity contribution >= 4 is 26.4 Å². The lowest BCUT2D eigenvalue weighted by Gasteiger charge is -2.37. The summed E-state index contributed by atoms with van der Waals surface area (Å²) in [7, 11) is 4.18. The van der Waals surface area contributed by atoms with Crippen LogP contribution in [0.2, 0.25) is 18.1 Å². The minimum absolute atomic E-state index is 0.152. The summed E-state index contributed by atoms with van der Waals surface area (Å²) in [5.74, 6) is -8.68. The van der Waals surface area contributed by atoms with E-state index in [-0.39, 0.29) is 12.8 Å². The average molecular weight is 1010 g/mol. The first-order valence-corrected chi connectivity index (χ1v) is 25.2. The topological polar surface area (TPSA) is 120 Å². The highest BCUT2D eigenvalue weighted by Crippen LogP contribution is 2.44. The van der Waals surface area contributed by atoms with Gasteiger partial charge in [-0.05, 0) is 56.8 Å². The van der Waals surface area contributed by atoms with Crippen molar-refractivity contribution in [1.82, 2.24) is 0 Å². The Morgan fingerprint density at radius 2 is 0.635 bits per heavy atom.